The molecule has 0 heterocycles. The zero-order chi connectivity index (χ0) is 15.1. The second-order valence-corrected chi connectivity index (χ2v) is 6.48. The van der Waals surface area contributed by atoms with Crippen molar-refractivity contribution in [3.8, 4) is 5.75 Å². The summed E-state index contributed by atoms with van der Waals surface area (Å²) in [6, 6.07) is 3.70. The minimum atomic E-state index is -0.466. The Morgan fingerprint density at radius 1 is 1.35 bits per heavy atom. The minimum absolute atomic E-state index is 0.463. The average Bonchev–Trinajstić information content (AvgIpc) is 2.36. The summed E-state index contributed by atoms with van der Waals surface area (Å²) in [5, 5.41) is -0.466. The summed E-state index contributed by atoms with van der Waals surface area (Å²) < 4.78 is 6.58. The Kier molecular flexibility index (Phi) is 7.60. The van der Waals surface area contributed by atoms with Gasteiger partial charge in [0.25, 0.3) is 5.24 Å². The Hall–Kier alpha value is -0.540. The van der Waals surface area contributed by atoms with E-state index in [4.69, 9.17) is 16.3 Å². The number of hydrogen-bond acceptors (Lipinski definition) is 2. The summed E-state index contributed by atoms with van der Waals surface area (Å²) >= 11 is 9.06. The zero-order valence-corrected chi connectivity index (χ0v) is 14.7. The normalized spacial score (nSPS) is 10.9. The summed E-state index contributed by atoms with van der Waals surface area (Å²) in [5.74, 6) is 1.29. The highest BCUT2D eigenvalue weighted by Gasteiger charge is 2.17. The highest BCUT2D eigenvalue weighted by atomic mass is 79.9. The number of unbranched alkanes of at least 4 members (excludes halogenated alkanes) is 2. The Bertz CT molecular complexity index is 458. The van der Waals surface area contributed by atoms with Crippen LogP contribution in [-0.4, -0.2) is 11.8 Å². The lowest BCUT2D eigenvalue weighted by molar-refractivity contribution is 0.108. The maximum atomic E-state index is 11.4. The van der Waals surface area contributed by atoms with Crippen LogP contribution >= 0.6 is 27.5 Å². The molecule has 0 spiro atoms. The number of carbonyl (C=O) groups is 1. The first-order valence-corrected chi connectivity index (χ1v) is 8.28. The number of halogens is 2. The molecule has 0 fully saturated rings. The molecule has 0 bridgehead atoms. The lowest BCUT2D eigenvalue weighted by Crippen LogP contribution is -2.05. The van der Waals surface area contributed by atoms with Crippen LogP contribution in [0.4, 0.5) is 0 Å². The topological polar surface area (TPSA) is 26.3 Å². The van der Waals surface area contributed by atoms with E-state index in [-0.39, 0.29) is 0 Å². The van der Waals surface area contributed by atoms with Crippen LogP contribution in [0.25, 0.3) is 0 Å². The van der Waals surface area contributed by atoms with Crippen molar-refractivity contribution in [3.05, 3.63) is 27.7 Å². The molecule has 1 aromatic carbocycles. The first-order chi connectivity index (χ1) is 9.47. The fourth-order valence-electron chi connectivity index (χ4n) is 2.03. The third-order valence-electron chi connectivity index (χ3n) is 3.01. The van der Waals surface area contributed by atoms with E-state index in [1.54, 1.807) is 6.07 Å². The van der Waals surface area contributed by atoms with Gasteiger partial charge in [-0.05, 0) is 57.9 Å². The van der Waals surface area contributed by atoms with Crippen LogP contribution < -0.4 is 4.74 Å². The van der Waals surface area contributed by atoms with Crippen molar-refractivity contribution >= 4 is 32.8 Å². The molecule has 1 aromatic rings. The molecular formula is C16H22BrClO2. The molecule has 0 saturated heterocycles. The van der Waals surface area contributed by atoms with E-state index >= 15 is 0 Å². The van der Waals surface area contributed by atoms with E-state index in [2.05, 4.69) is 36.7 Å². The molecule has 0 aromatic heterocycles. The van der Waals surface area contributed by atoms with Crippen LogP contribution in [0.15, 0.2) is 16.6 Å². The predicted molar refractivity (Wildman–Crippen MR) is 87.9 cm³/mol. The molecule has 0 unspecified atom stereocenters. The lowest BCUT2D eigenvalue weighted by atomic mass is 10.0. The van der Waals surface area contributed by atoms with Crippen molar-refractivity contribution in [2.24, 2.45) is 5.92 Å². The summed E-state index contributed by atoms with van der Waals surface area (Å²) in [7, 11) is 0. The van der Waals surface area contributed by atoms with Gasteiger partial charge < -0.3 is 4.74 Å². The van der Waals surface area contributed by atoms with Crippen molar-refractivity contribution in [1.29, 1.82) is 0 Å². The van der Waals surface area contributed by atoms with E-state index in [9.17, 15) is 4.79 Å². The Labute approximate surface area is 135 Å². The molecule has 4 heteroatoms. The van der Waals surface area contributed by atoms with Crippen LogP contribution in [0.1, 0.15) is 56.0 Å². The maximum Gasteiger partial charge on any atom is 0.253 e. The molecule has 1 rings (SSSR count). The molecule has 20 heavy (non-hydrogen) atoms. The van der Waals surface area contributed by atoms with Gasteiger partial charge in [0, 0.05) is 0 Å². The van der Waals surface area contributed by atoms with Crippen LogP contribution in [0.5, 0.6) is 5.75 Å². The van der Waals surface area contributed by atoms with E-state index in [1.807, 2.05) is 6.07 Å². The van der Waals surface area contributed by atoms with Gasteiger partial charge in [-0.25, -0.2) is 0 Å². The van der Waals surface area contributed by atoms with Gasteiger partial charge in [0.15, 0.2) is 0 Å². The van der Waals surface area contributed by atoms with Crippen LogP contribution in [-0.2, 0) is 6.42 Å². The molecule has 2 nitrogen and oxygen atoms in total. The van der Waals surface area contributed by atoms with Gasteiger partial charge in [-0.15, -0.1) is 0 Å². The summed E-state index contributed by atoms with van der Waals surface area (Å²) in [4.78, 5) is 11.4. The second-order valence-electron chi connectivity index (χ2n) is 5.34. The Morgan fingerprint density at radius 2 is 2.05 bits per heavy atom. The van der Waals surface area contributed by atoms with E-state index in [1.165, 1.54) is 0 Å². The summed E-state index contributed by atoms with van der Waals surface area (Å²) in [6.45, 7) is 7.15. The molecule has 0 N–H and O–H groups in total. The number of rotatable bonds is 8. The summed E-state index contributed by atoms with van der Waals surface area (Å²) in [6.07, 6.45) is 4.23. The molecule has 0 radical (unpaired) electrons. The quantitative estimate of drug-likeness (QED) is 0.445. The van der Waals surface area contributed by atoms with Crippen molar-refractivity contribution in [3.63, 3.8) is 0 Å². The summed E-state index contributed by atoms with van der Waals surface area (Å²) in [5.41, 5.74) is 1.58. The van der Waals surface area contributed by atoms with Crippen LogP contribution in [0.3, 0.4) is 0 Å². The van der Waals surface area contributed by atoms with Crippen LogP contribution in [0, 0.1) is 5.92 Å². The van der Waals surface area contributed by atoms with Gasteiger partial charge in [-0.1, -0.05) is 39.7 Å². The Morgan fingerprint density at radius 3 is 2.60 bits per heavy atom. The largest absolute Gasteiger partial charge is 0.492 e. The van der Waals surface area contributed by atoms with Gasteiger partial charge in [0.05, 0.1) is 16.6 Å². The van der Waals surface area contributed by atoms with Crippen molar-refractivity contribution in [1.82, 2.24) is 0 Å². The van der Waals surface area contributed by atoms with Gasteiger partial charge in [0.1, 0.15) is 5.75 Å². The smallest absolute Gasteiger partial charge is 0.253 e. The van der Waals surface area contributed by atoms with Gasteiger partial charge in [0.2, 0.25) is 0 Å². The first kappa shape index (κ1) is 17.5. The third-order valence-corrected chi connectivity index (χ3v) is 4.00. The standard InChI is InChI=1S/C16H22BrClO2/c1-4-5-6-9-20-15-12(10-11(2)3)7-8-13(14(15)17)16(18)19/h7-8,11H,4-6,9-10H2,1-3H3. The number of hydrogen-bond donors (Lipinski definition) is 0. The van der Waals surface area contributed by atoms with Crippen molar-refractivity contribution in [2.75, 3.05) is 6.61 Å². The second kappa shape index (κ2) is 8.68. The van der Waals surface area contributed by atoms with Crippen molar-refractivity contribution < 1.29 is 9.53 Å². The SMILES string of the molecule is CCCCCOc1c(CC(C)C)ccc(C(=O)Cl)c1Br. The first-order valence-electron chi connectivity index (χ1n) is 7.11. The highest BCUT2D eigenvalue weighted by molar-refractivity contribution is 9.10. The fourth-order valence-corrected chi connectivity index (χ4v) is 2.98. The maximum absolute atomic E-state index is 11.4. The predicted octanol–water partition coefficient (Wildman–Crippen LogP) is 5.60. The molecule has 0 amide bonds. The number of carbonyl (C=O) groups excluding carboxylic acids is 1. The van der Waals surface area contributed by atoms with E-state index in [0.29, 0.717) is 22.6 Å². The van der Waals surface area contributed by atoms with Crippen LogP contribution in [0.2, 0.25) is 0 Å². The number of benzene rings is 1. The monoisotopic (exact) mass is 360 g/mol. The third kappa shape index (κ3) is 5.10. The molecule has 0 saturated carbocycles. The van der Waals surface area contributed by atoms with E-state index in [0.717, 1.165) is 37.0 Å². The molecular weight excluding hydrogens is 340 g/mol. The fraction of sp³-hybridized carbons (Fsp3) is 0.562. The minimum Gasteiger partial charge on any atom is -0.492 e. The molecule has 112 valence electrons. The lowest BCUT2D eigenvalue weighted by Gasteiger charge is -2.16. The molecule has 0 aliphatic rings. The van der Waals surface area contributed by atoms with E-state index < -0.39 is 5.24 Å². The number of ether oxygens (including phenoxy) is 1. The van der Waals surface area contributed by atoms with Gasteiger partial charge >= 0.3 is 0 Å². The molecule has 0 atom stereocenters. The highest BCUT2D eigenvalue weighted by Crippen LogP contribution is 2.35. The van der Waals surface area contributed by atoms with Gasteiger partial charge in [-0.3, -0.25) is 4.79 Å². The average molecular weight is 362 g/mol. The Balaban J connectivity index is 2.99. The molecule has 0 aliphatic carbocycles. The van der Waals surface area contributed by atoms with Gasteiger partial charge in [-0.2, -0.15) is 0 Å². The molecule has 0 aliphatic heterocycles. The zero-order valence-electron chi connectivity index (χ0n) is 12.3. The van der Waals surface area contributed by atoms with Crippen molar-refractivity contribution in [2.45, 2.75) is 46.5 Å².